The van der Waals surface area contributed by atoms with E-state index in [-0.39, 0.29) is 12.5 Å². The van der Waals surface area contributed by atoms with Crippen LogP contribution in [0.25, 0.3) is 0 Å². The van der Waals surface area contributed by atoms with Gasteiger partial charge in [-0.3, -0.25) is 9.69 Å². The van der Waals surface area contributed by atoms with E-state index in [4.69, 9.17) is 9.84 Å². The molecule has 2 rings (SSSR count). The van der Waals surface area contributed by atoms with Crippen molar-refractivity contribution in [2.45, 2.75) is 45.1 Å². The first-order chi connectivity index (χ1) is 10.2. The maximum atomic E-state index is 11.8. The number of hydrogen-bond donors (Lipinski definition) is 2. The molecule has 2 N–H and O–H groups in total. The zero-order chi connectivity index (χ0) is 15.1. The molecule has 122 valence electrons. The van der Waals surface area contributed by atoms with E-state index in [1.165, 1.54) is 19.3 Å². The Labute approximate surface area is 128 Å². The summed E-state index contributed by atoms with van der Waals surface area (Å²) in [6, 6.07) is 0. The Kier molecular flexibility index (Phi) is 6.93. The Morgan fingerprint density at radius 3 is 2.86 bits per heavy atom. The number of carbonyl (C=O) groups is 1. The monoisotopic (exact) mass is 298 g/mol. The fourth-order valence-electron chi connectivity index (χ4n) is 3.40. The van der Waals surface area contributed by atoms with Crippen LogP contribution in [0, 0.1) is 11.8 Å². The van der Waals surface area contributed by atoms with E-state index >= 15 is 0 Å². The minimum Gasteiger partial charge on any atom is -0.396 e. The molecule has 2 aliphatic rings. The van der Waals surface area contributed by atoms with Gasteiger partial charge in [-0.05, 0) is 37.6 Å². The lowest BCUT2D eigenvalue weighted by Crippen LogP contribution is -2.38. The molecule has 0 bridgehead atoms. The van der Waals surface area contributed by atoms with Crippen LogP contribution in [0.1, 0.15) is 39.0 Å². The molecule has 5 heteroatoms. The van der Waals surface area contributed by atoms with Crippen molar-refractivity contribution in [1.82, 2.24) is 10.2 Å². The summed E-state index contributed by atoms with van der Waals surface area (Å²) in [5.41, 5.74) is 0. The van der Waals surface area contributed by atoms with Crippen LogP contribution < -0.4 is 5.32 Å². The maximum Gasteiger partial charge on any atom is 0.234 e. The summed E-state index contributed by atoms with van der Waals surface area (Å²) in [4.78, 5) is 14.0. The minimum absolute atomic E-state index is 0.0638. The summed E-state index contributed by atoms with van der Waals surface area (Å²) in [7, 11) is 0. The van der Waals surface area contributed by atoms with E-state index in [9.17, 15) is 4.79 Å². The van der Waals surface area contributed by atoms with Crippen LogP contribution in [0.3, 0.4) is 0 Å². The zero-order valence-electron chi connectivity index (χ0n) is 13.2. The standard InChI is InChI=1S/C16H30N2O3/c1-13-4-2-3-5-15(13)21-9-7-17-16(20)11-18-8-6-14(10-18)12-19/h13-15,19H,2-12H2,1H3,(H,17,20). The lowest BCUT2D eigenvalue weighted by molar-refractivity contribution is -0.122. The van der Waals surface area contributed by atoms with Crippen molar-refractivity contribution < 1.29 is 14.6 Å². The second-order valence-corrected chi connectivity index (χ2v) is 6.59. The van der Waals surface area contributed by atoms with Gasteiger partial charge in [0, 0.05) is 19.7 Å². The molecule has 0 radical (unpaired) electrons. The lowest BCUT2D eigenvalue weighted by atomic mass is 9.88. The number of aliphatic hydroxyl groups excluding tert-OH is 1. The normalized spacial score (nSPS) is 30.5. The second kappa shape index (κ2) is 8.71. The van der Waals surface area contributed by atoms with Crippen molar-refractivity contribution in [3.05, 3.63) is 0 Å². The quantitative estimate of drug-likeness (QED) is 0.689. The molecule has 1 heterocycles. The fraction of sp³-hybridized carbons (Fsp3) is 0.938. The van der Waals surface area contributed by atoms with Gasteiger partial charge < -0.3 is 15.2 Å². The number of ether oxygens (including phenoxy) is 1. The number of aliphatic hydroxyl groups is 1. The van der Waals surface area contributed by atoms with Gasteiger partial charge in [0.1, 0.15) is 0 Å². The van der Waals surface area contributed by atoms with Crippen LogP contribution in [0.15, 0.2) is 0 Å². The topological polar surface area (TPSA) is 61.8 Å². The van der Waals surface area contributed by atoms with E-state index in [0.29, 0.717) is 37.6 Å². The summed E-state index contributed by atoms with van der Waals surface area (Å²) < 4.78 is 5.89. The van der Waals surface area contributed by atoms with E-state index < -0.39 is 0 Å². The van der Waals surface area contributed by atoms with E-state index in [1.807, 2.05) is 0 Å². The summed E-state index contributed by atoms with van der Waals surface area (Å²) in [5, 5.41) is 12.0. The van der Waals surface area contributed by atoms with Crippen LogP contribution >= 0.6 is 0 Å². The van der Waals surface area contributed by atoms with Crippen molar-refractivity contribution in [3.63, 3.8) is 0 Å². The van der Waals surface area contributed by atoms with Gasteiger partial charge in [0.15, 0.2) is 0 Å². The maximum absolute atomic E-state index is 11.8. The van der Waals surface area contributed by atoms with Gasteiger partial charge in [0.05, 0.1) is 19.3 Å². The second-order valence-electron chi connectivity index (χ2n) is 6.59. The predicted octanol–water partition coefficient (Wildman–Crippen LogP) is 1.01. The van der Waals surface area contributed by atoms with Crippen LogP contribution in [0.5, 0.6) is 0 Å². The van der Waals surface area contributed by atoms with Crippen molar-refractivity contribution in [1.29, 1.82) is 0 Å². The molecule has 1 aliphatic carbocycles. The lowest BCUT2D eigenvalue weighted by Gasteiger charge is -2.28. The molecule has 2 fully saturated rings. The van der Waals surface area contributed by atoms with E-state index in [1.54, 1.807) is 0 Å². The van der Waals surface area contributed by atoms with Crippen molar-refractivity contribution >= 4 is 5.91 Å². The van der Waals surface area contributed by atoms with Gasteiger partial charge in [-0.25, -0.2) is 0 Å². The van der Waals surface area contributed by atoms with Crippen molar-refractivity contribution in [3.8, 4) is 0 Å². The molecule has 0 aromatic carbocycles. The number of likely N-dealkylation sites (tertiary alicyclic amines) is 1. The van der Waals surface area contributed by atoms with E-state index in [0.717, 1.165) is 25.9 Å². The number of nitrogens with zero attached hydrogens (tertiary/aromatic N) is 1. The minimum atomic E-state index is 0.0638. The van der Waals surface area contributed by atoms with Crippen molar-refractivity contribution in [2.75, 3.05) is 39.4 Å². The Morgan fingerprint density at radius 1 is 1.33 bits per heavy atom. The largest absolute Gasteiger partial charge is 0.396 e. The third kappa shape index (κ3) is 5.57. The number of rotatable bonds is 7. The number of amides is 1. The molecule has 0 spiro atoms. The Balaban J connectivity index is 1.53. The smallest absolute Gasteiger partial charge is 0.234 e. The highest BCUT2D eigenvalue weighted by molar-refractivity contribution is 5.78. The molecule has 1 aliphatic heterocycles. The number of hydrogen-bond acceptors (Lipinski definition) is 4. The average molecular weight is 298 g/mol. The Bertz CT molecular complexity index is 325. The van der Waals surface area contributed by atoms with Crippen LogP contribution in [-0.2, 0) is 9.53 Å². The first-order valence-electron chi connectivity index (χ1n) is 8.40. The molecule has 3 atom stereocenters. The SMILES string of the molecule is CC1CCCCC1OCCNC(=O)CN1CCC(CO)C1. The van der Waals surface area contributed by atoms with Gasteiger partial charge in [-0.1, -0.05) is 19.8 Å². The summed E-state index contributed by atoms with van der Waals surface area (Å²) >= 11 is 0. The molecule has 1 amide bonds. The molecular formula is C16H30N2O3. The molecule has 21 heavy (non-hydrogen) atoms. The molecule has 1 saturated carbocycles. The molecule has 3 unspecified atom stereocenters. The predicted molar refractivity (Wildman–Crippen MR) is 82.0 cm³/mol. The highest BCUT2D eigenvalue weighted by Gasteiger charge is 2.23. The Morgan fingerprint density at radius 2 is 2.14 bits per heavy atom. The average Bonchev–Trinajstić information content (AvgIpc) is 2.93. The first kappa shape index (κ1) is 16.7. The molecular weight excluding hydrogens is 268 g/mol. The summed E-state index contributed by atoms with van der Waals surface area (Å²) in [5.74, 6) is 1.05. The molecule has 5 nitrogen and oxygen atoms in total. The van der Waals surface area contributed by atoms with Gasteiger partial charge >= 0.3 is 0 Å². The number of carbonyl (C=O) groups excluding carboxylic acids is 1. The van der Waals surface area contributed by atoms with Gasteiger partial charge in [0.25, 0.3) is 0 Å². The summed E-state index contributed by atoms with van der Waals surface area (Å²) in [6.07, 6.45) is 6.38. The highest BCUT2D eigenvalue weighted by Crippen LogP contribution is 2.25. The molecule has 1 saturated heterocycles. The zero-order valence-corrected chi connectivity index (χ0v) is 13.2. The van der Waals surface area contributed by atoms with Gasteiger partial charge in [-0.2, -0.15) is 0 Å². The van der Waals surface area contributed by atoms with Crippen LogP contribution in [0.2, 0.25) is 0 Å². The van der Waals surface area contributed by atoms with Crippen LogP contribution in [-0.4, -0.2) is 61.4 Å². The summed E-state index contributed by atoms with van der Waals surface area (Å²) in [6.45, 7) is 5.88. The highest BCUT2D eigenvalue weighted by atomic mass is 16.5. The molecule has 0 aromatic rings. The van der Waals surface area contributed by atoms with Gasteiger partial charge in [0.2, 0.25) is 5.91 Å². The Hall–Kier alpha value is -0.650. The van der Waals surface area contributed by atoms with Gasteiger partial charge in [-0.15, -0.1) is 0 Å². The third-order valence-electron chi connectivity index (χ3n) is 4.78. The van der Waals surface area contributed by atoms with Crippen LogP contribution in [0.4, 0.5) is 0 Å². The van der Waals surface area contributed by atoms with Crippen molar-refractivity contribution in [2.24, 2.45) is 11.8 Å². The number of nitrogens with one attached hydrogen (secondary N) is 1. The third-order valence-corrected chi connectivity index (χ3v) is 4.78. The van der Waals surface area contributed by atoms with E-state index in [2.05, 4.69) is 17.1 Å². The first-order valence-corrected chi connectivity index (χ1v) is 8.40. The fourth-order valence-corrected chi connectivity index (χ4v) is 3.40. The molecule has 0 aromatic heterocycles.